The summed E-state index contributed by atoms with van der Waals surface area (Å²) in [4.78, 5) is 11.1. The first-order chi connectivity index (χ1) is 13.6. The molecule has 0 aromatic heterocycles. The molecule has 1 N–H and O–H groups in total. The number of nitrogens with one attached hydrogen (secondary N) is 1. The van der Waals surface area contributed by atoms with Gasteiger partial charge in [0.15, 0.2) is 0 Å². The first kappa shape index (κ1) is 16.8. The van der Waals surface area contributed by atoms with E-state index in [4.69, 9.17) is 30.7 Å². The molecule has 1 amide bonds. The Morgan fingerprint density at radius 2 is 1.96 bits per heavy atom. The van der Waals surface area contributed by atoms with Crippen molar-refractivity contribution in [2.45, 2.75) is 4.90 Å². The average Bonchev–Trinajstić information content (AvgIpc) is 2.66. The lowest BCUT2D eigenvalue weighted by atomic mass is 10.2. The highest BCUT2D eigenvalue weighted by Gasteiger charge is 2.32. The van der Waals surface area contributed by atoms with Gasteiger partial charge in [-0.05, 0) is 36.4 Å². The summed E-state index contributed by atoms with van der Waals surface area (Å²) in [6.07, 6.45) is 0. The van der Waals surface area contributed by atoms with Crippen LogP contribution in [0.15, 0.2) is 41.2 Å². The number of halogens is 2. The SMILES string of the molecule is [2H]c1c(Cl)cc(Oc2ccc(C#N)c([2H])c2S(=O)(=O)N2CCNC(=O)C2)cc1Cl. The first-order valence-electron chi connectivity index (χ1n) is 8.59. The van der Waals surface area contributed by atoms with Crippen molar-refractivity contribution in [3.05, 3.63) is 52.0 Å². The quantitative estimate of drug-likeness (QED) is 0.808. The molecule has 0 saturated carbocycles. The number of carbonyl (C=O) groups is 1. The molecule has 0 unspecified atom stereocenters. The fourth-order valence-electron chi connectivity index (χ4n) is 2.41. The van der Waals surface area contributed by atoms with E-state index in [1.165, 1.54) is 24.3 Å². The number of nitriles is 1. The first-order valence-corrected chi connectivity index (χ1v) is 9.78. The highest BCUT2D eigenvalue weighted by molar-refractivity contribution is 7.89. The van der Waals surface area contributed by atoms with E-state index in [1.54, 1.807) is 6.07 Å². The van der Waals surface area contributed by atoms with Crippen molar-refractivity contribution in [1.29, 1.82) is 5.26 Å². The van der Waals surface area contributed by atoms with Crippen molar-refractivity contribution in [1.82, 2.24) is 9.62 Å². The minimum atomic E-state index is -4.33. The number of hydrogen-bond donors (Lipinski definition) is 1. The van der Waals surface area contributed by atoms with Crippen LogP contribution in [-0.4, -0.2) is 38.3 Å². The molecule has 1 saturated heterocycles. The van der Waals surface area contributed by atoms with Crippen molar-refractivity contribution in [3.63, 3.8) is 0 Å². The summed E-state index contributed by atoms with van der Waals surface area (Å²) in [6.45, 7) is -0.284. The third-order valence-corrected chi connectivity index (χ3v) is 5.82. The van der Waals surface area contributed by atoms with Crippen LogP contribution in [0.2, 0.25) is 10.0 Å². The van der Waals surface area contributed by atoms with Gasteiger partial charge in [-0.3, -0.25) is 4.79 Å². The molecule has 10 heteroatoms. The molecule has 0 spiro atoms. The Labute approximate surface area is 168 Å². The number of carbonyl (C=O) groups excluding carboxylic acids is 1. The maximum Gasteiger partial charge on any atom is 0.247 e. The Morgan fingerprint density at radius 1 is 1.26 bits per heavy atom. The smallest absolute Gasteiger partial charge is 0.247 e. The highest BCUT2D eigenvalue weighted by atomic mass is 35.5. The van der Waals surface area contributed by atoms with Gasteiger partial charge in [-0.1, -0.05) is 23.2 Å². The molecule has 140 valence electrons. The Bertz CT molecular complexity index is 1130. The lowest BCUT2D eigenvalue weighted by molar-refractivity contribution is -0.122. The van der Waals surface area contributed by atoms with Gasteiger partial charge in [-0.15, -0.1) is 0 Å². The summed E-state index contributed by atoms with van der Waals surface area (Å²) in [7, 11) is -4.33. The van der Waals surface area contributed by atoms with Crippen LogP contribution in [0.4, 0.5) is 0 Å². The fourth-order valence-corrected chi connectivity index (χ4v) is 4.36. The highest BCUT2D eigenvalue weighted by Crippen LogP contribution is 2.34. The van der Waals surface area contributed by atoms with E-state index < -0.39 is 33.4 Å². The van der Waals surface area contributed by atoms with Gasteiger partial charge >= 0.3 is 0 Å². The predicted molar refractivity (Wildman–Crippen MR) is 99.5 cm³/mol. The molecule has 3 rings (SSSR count). The second kappa shape index (κ2) is 7.74. The topological polar surface area (TPSA) is 99.5 Å². The van der Waals surface area contributed by atoms with Gasteiger partial charge in [0.25, 0.3) is 0 Å². The molecule has 0 bridgehead atoms. The van der Waals surface area contributed by atoms with Gasteiger partial charge in [-0.2, -0.15) is 9.57 Å². The number of amides is 1. The van der Waals surface area contributed by atoms with Crippen molar-refractivity contribution < 1.29 is 20.7 Å². The van der Waals surface area contributed by atoms with Gasteiger partial charge in [0.1, 0.15) is 16.4 Å². The molecule has 2 aromatic rings. The predicted octanol–water partition coefficient (Wildman–Crippen LogP) is 2.78. The van der Waals surface area contributed by atoms with Crippen molar-refractivity contribution >= 4 is 39.1 Å². The zero-order chi connectivity index (χ0) is 21.3. The molecular weight excluding hydrogens is 413 g/mol. The van der Waals surface area contributed by atoms with Crippen molar-refractivity contribution in [2.24, 2.45) is 0 Å². The summed E-state index contributed by atoms with van der Waals surface area (Å²) >= 11 is 11.9. The second-order valence-electron chi connectivity index (χ2n) is 5.48. The molecule has 1 aliphatic rings. The van der Waals surface area contributed by atoms with Gasteiger partial charge in [-0.25, -0.2) is 8.42 Å². The number of ether oxygens (including phenoxy) is 1. The molecule has 0 aliphatic carbocycles. The molecule has 0 atom stereocenters. The lowest BCUT2D eigenvalue weighted by Crippen LogP contribution is -2.49. The number of rotatable bonds is 4. The van der Waals surface area contributed by atoms with Crippen molar-refractivity contribution in [3.8, 4) is 17.6 Å². The van der Waals surface area contributed by atoms with E-state index in [-0.39, 0.29) is 46.2 Å². The molecule has 1 aliphatic heterocycles. The van der Waals surface area contributed by atoms with E-state index in [9.17, 15) is 18.5 Å². The van der Waals surface area contributed by atoms with E-state index >= 15 is 0 Å². The monoisotopic (exact) mass is 427 g/mol. The summed E-state index contributed by atoms with van der Waals surface area (Å²) in [5.41, 5.74) is -0.171. The zero-order valence-corrected chi connectivity index (χ0v) is 16.0. The molecule has 7 nitrogen and oxygen atoms in total. The van der Waals surface area contributed by atoms with Crippen LogP contribution in [0, 0.1) is 11.3 Å². The molecule has 0 radical (unpaired) electrons. The molecule has 1 fully saturated rings. The van der Waals surface area contributed by atoms with Crippen molar-refractivity contribution in [2.75, 3.05) is 19.6 Å². The van der Waals surface area contributed by atoms with E-state index in [0.29, 0.717) is 0 Å². The minimum Gasteiger partial charge on any atom is -0.456 e. The molecule has 1 heterocycles. The van der Waals surface area contributed by atoms with Gasteiger partial charge in [0.2, 0.25) is 15.9 Å². The summed E-state index contributed by atoms with van der Waals surface area (Å²) < 4.78 is 48.8. The third kappa shape index (κ3) is 4.34. The normalized spacial score (nSPS) is 16.1. The minimum absolute atomic E-state index is 0.00886. The van der Waals surface area contributed by atoms with E-state index in [0.717, 1.165) is 4.31 Å². The number of hydrogen-bond acceptors (Lipinski definition) is 5. The summed E-state index contributed by atoms with van der Waals surface area (Å²) in [5, 5.41) is 11.7. The Hall–Kier alpha value is -2.31. The number of sulfonamides is 1. The Kier molecular flexibility index (Phi) is 4.83. The van der Waals surface area contributed by atoms with E-state index in [1.807, 2.05) is 0 Å². The largest absolute Gasteiger partial charge is 0.456 e. The maximum atomic E-state index is 13.2. The van der Waals surface area contributed by atoms with Crippen LogP contribution in [-0.2, 0) is 14.8 Å². The number of nitrogens with zero attached hydrogens (tertiary/aromatic N) is 2. The van der Waals surface area contributed by atoms with Crippen LogP contribution in [0.25, 0.3) is 0 Å². The molecule has 2 aromatic carbocycles. The van der Waals surface area contributed by atoms with E-state index in [2.05, 4.69) is 5.32 Å². The number of benzene rings is 2. The van der Waals surface area contributed by atoms with Crippen LogP contribution in [0.1, 0.15) is 8.30 Å². The number of piperazine rings is 1. The molecule has 27 heavy (non-hydrogen) atoms. The van der Waals surface area contributed by atoms with Gasteiger partial charge < -0.3 is 10.1 Å². The average molecular weight is 428 g/mol. The van der Waals surface area contributed by atoms with Crippen LogP contribution < -0.4 is 10.1 Å². The maximum absolute atomic E-state index is 13.2. The third-order valence-electron chi connectivity index (χ3n) is 3.60. The van der Waals surface area contributed by atoms with Gasteiger partial charge in [0.05, 0.1) is 20.9 Å². The Morgan fingerprint density at radius 3 is 2.59 bits per heavy atom. The Balaban J connectivity index is 2.13. The zero-order valence-electron chi connectivity index (χ0n) is 15.6. The van der Waals surface area contributed by atoms with Crippen LogP contribution in [0.3, 0.4) is 0 Å². The van der Waals surface area contributed by atoms with Crippen LogP contribution in [0.5, 0.6) is 11.5 Å². The fraction of sp³-hybridized carbons (Fsp3) is 0.176. The second-order valence-corrected chi connectivity index (χ2v) is 8.17. The van der Waals surface area contributed by atoms with Crippen LogP contribution >= 0.6 is 23.2 Å². The molecular formula is C17H13Cl2N3O4S. The standard InChI is InChI=1S/C17H13Cl2N3O4S/c18-12-6-13(19)8-14(7-12)26-15-2-1-11(9-20)5-16(15)27(24,25)22-4-3-21-17(23)10-22/h1-2,5-8H,3-4,10H2,(H,21,23)/i5D,6D. The van der Waals surface area contributed by atoms with Gasteiger partial charge in [0, 0.05) is 23.1 Å². The summed E-state index contributed by atoms with van der Waals surface area (Å²) in [5.74, 6) is -0.660. The lowest BCUT2D eigenvalue weighted by Gasteiger charge is -2.26. The summed E-state index contributed by atoms with van der Waals surface area (Å²) in [6, 6.07) is 6.15.